The van der Waals surface area contributed by atoms with Crippen LogP contribution in [-0.4, -0.2) is 18.8 Å². The van der Waals surface area contributed by atoms with Gasteiger partial charge in [0.15, 0.2) is 0 Å². The van der Waals surface area contributed by atoms with Gasteiger partial charge in [-0.05, 0) is 18.9 Å². The molecule has 0 aliphatic heterocycles. The average molecular weight is 211 g/mol. The first kappa shape index (κ1) is 13.8. The molecule has 0 fully saturated rings. The van der Waals surface area contributed by atoms with Crippen molar-refractivity contribution in [1.82, 2.24) is 5.32 Å². The lowest BCUT2D eigenvalue weighted by Crippen LogP contribution is -2.35. The molecular formula is C10H20F3N. The Bertz CT molecular complexity index is 145. The van der Waals surface area contributed by atoms with E-state index in [2.05, 4.69) is 5.32 Å². The molecule has 0 aliphatic carbocycles. The topological polar surface area (TPSA) is 12.0 Å². The van der Waals surface area contributed by atoms with E-state index in [1.54, 1.807) is 0 Å². The van der Waals surface area contributed by atoms with Gasteiger partial charge in [-0.1, -0.05) is 27.2 Å². The number of alkyl halides is 3. The van der Waals surface area contributed by atoms with Crippen molar-refractivity contribution >= 4 is 0 Å². The van der Waals surface area contributed by atoms with Gasteiger partial charge >= 0.3 is 6.18 Å². The molecule has 0 spiro atoms. The summed E-state index contributed by atoms with van der Waals surface area (Å²) in [6, 6.07) is -0.421. The summed E-state index contributed by atoms with van der Waals surface area (Å²) in [5.74, 6) is 0.349. The van der Waals surface area contributed by atoms with E-state index in [0.717, 1.165) is 6.42 Å². The molecule has 0 aromatic heterocycles. The second-order valence-electron chi connectivity index (χ2n) is 3.82. The van der Waals surface area contributed by atoms with E-state index in [1.807, 2.05) is 20.8 Å². The second kappa shape index (κ2) is 6.27. The van der Waals surface area contributed by atoms with Crippen LogP contribution < -0.4 is 5.32 Å². The van der Waals surface area contributed by atoms with E-state index in [0.29, 0.717) is 18.9 Å². The van der Waals surface area contributed by atoms with Gasteiger partial charge in [0, 0.05) is 6.04 Å². The molecule has 1 N–H and O–H groups in total. The quantitative estimate of drug-likeness (QED) is 0.710. The van der Waals surface area contributed by atoms with Crippen LogP contribution in [0.4, 0.5) is 13.2 Å². The SMILES string of the molecule is CCNC(CC(C)CC)CC(F)(F)F. The van der Waals surface area contributed by atoms with Crippen LogP contribution in [0.5, 0.6) is 0 Å². The highest BCUT2D eigenvalue weighted by molar-refractivity contribution is 4.72. The normalized spacial score (nSPS) is 16.7. The first-order valence-corrected chi connectivity index (χ1v) is 5.19. The standard InChI is InChI=1S/C10H20F3N/c1-4-8(3)6-9(14-5-2)7-10(11,12)13/h8-9,14H,4-7H2,1-3H3. The third-order valence-electron chi connectivity index (χ3n) is 2.35. The number of nitrogens with one attached hydrogen (secondary N) is 1. The van der Waals surface area contributed by atoms with Gasteiger partial charge in [-0.25, -0.2) is 0 Å². The van der Waals surface area contributed by atoms with Crippen molar-refractivity contribution in [2.75, 3.05) is 6.54 Å². The Morgan fingerprint density at radius 2 is 1.79 bits per heavy atom. The van der Waals surface area contributed by atoms with Crippen LogP contribution >= 0.6 is 0 Å². The Balaban J connectivity index is 4.01. The lowest BCUT2D eigenvalue weighted by atomic mass is 9.97. The first-order valence-electron chi connectivity index (χ1n) is 5.19. The van der Waals surface area contributed by atoms with E-state index in [4.69, 9.17) is 0 Å². The minimum absolute atomic E-state index is 0.349. The number of hydrogen-bond donors (Lipinski definition) is 1. The number of hydrogen-bond acceptors (Lipinski definition) is 1. The van der Waals surface area contributed by atoms with Crippen LogP contribution in [0.2, 0.25) is 0 Å². The molecule has 0 aromatic rings. The van der Waals surface area contributed by atoms with Crippen molar-refractivity contribution in [2.45, 2.75) is 52.3 Å². The lowest BCUT2D eigenvalue weighted by Gasteiger charge is -2.22. The van der Waals surface area contributed by atoms with Crippen LogP contribution in [0.15, 0.2) is 0 Å². The third kappa shape index (κ3) is 7.18. The van der Waals surface area contributed by atoms with Gasteiger partial charge in [-0.2, -0.15) is 13.2 Å². The Labute approximate surface area is 84.1 Å². The van der Waals surface area contributed by atoms with E-state index in [9.17, 15) is 13.2 Å². The number of rotatable bonds is 6. The zero-order valence-corrected chi connectivity index (χ0v) is 9.12. The summed E-state index contributed by atoms with van der Waals surface area (Å²) in [6.45, 7) is 6.42. The predicted molar refractivity (Wildman–Crippen MR) is 52.2 cm³/mol. The minimum atomic E-state index is -4.06. The maximum Gasteiger partial charge on any atom is 0.390 e. The van der Waals surface area contributed by atoms with Crippen molar-refractivity contribution in [3.05, 3.63) is 0 Å². The molecule has 0 rings (SSSR count). The summed E-state index contributed by atoms with van der Waals surface area (Å²) in [6.07, 6.45) is -3.24. The van der Waals surface area contributed by atoms with E-state index in [-0.39, 0.29) is 0 Å². The van der Waals surface area contributed by atoms with E-state index < -0.39 is 18.6 Å². The molecule has 4 heteroatoms. The number of halogens is 3. The maximum atomic E-state index is 12.1. The first-order chi connectivity index (χ1) is 6.39. The van der Waals surface area contributed by atoms with Crippen LogP contribution in [-0.2, 0) is 0 Å². The van der Waals surface area contributed by atoms with Crippen LogP contribution in [0.3, 0.4) is 0 Å². The van der Waals surface area contributed by atoms with Crippen LogP contribution in [0.25, 0.3) is 0 Å². The molecule has 1 nitrogen and oxygen atoms in total. The zero-order valence-electron chi connectivity index (χ0n) is 9.12. The van der Waals surface area contributed by atoms with Crippen molar-refractivity contribution in [3.63, 3.8) is 0 Å². The van der Waals surface area contributed by atoms with Gasteiger partial charge in [-0.3, -0.25) is 0 Å². The molecule has 14 heavy (non-hydrogen) atoms. The third-order valence-corrected chi connectivity index (χ3v) is 2.35. The summed E-state index contributed by atoms with van der Waals surface area (Å²) in [4.78, 5) is 0. The highest BCUT2D eigenvalue weighted by atomic mass is 19.4. The molecule has 0 saturated heterocycles. The smallest absolute Gasteiger partial charge is 0.314 e. The Morgan fingerprint density at radius 3 is 2.14 bits per heavy atom. The van der Waals surface area contributed by atoms with Gasteiger partial charge in [0.05, 0.1) is 6.42 Å². The molecule has 0 amide bonds. The molecule has 0 aliphatic rings. The van der Waals surface area contributed by atoms with Crippen molar-refractivity contribution in [2.24, 2.45) is 5.92 Å². The summed E-state index contributed by atoms with van der Waals surface area (Å²) in [7, 11) is 0. The van der Waals surface area contributed by atoms with Crippen molar-refractivity contribution in [3.8, 4) is 0 Å². The molecule has 0 aromatic carbocycles. The van der Waals surface area contributed by atoms with Crippen molar-refractivity contribution < 1.29 is 13.2 Å². The van der Waals surface area contributed by atoms with Gasteiger partial charge in [0.2, 0.25) is 0 Å². The Hall–Kier alpha value is -0.250. The molecule has 86 valence electrons. The molecule has 2 atom stereocenters. The van der Waals surface area contributed by atoms with Gasteiger partial charge < -0.3 is 5.32 Å². The molecule has 0 bridgehead atoms. The maximum absolute atomic E-state index is 12.1. The fourth-order valence-electron chi connectivity index (χ4n) is 1.46. The van der Waals surface area contributed by atoms with E-state index in [1.165, 1.54) is 0 Å². The summed E-state index contributed by atoms with van der Waals surface area (Å²) in [5, 5.41) is 2.88. The molecule has 0 saturated carbocycles. The zero-order chi connectivity index (χ0) is 11.2. The van der Waals surface area contributed by atoms with Gasteiger partial charge in [0.25, 0.3) is 0 Å². The van der Waals surface area contributed by atoms with Crippen LogP contribution in [0.1, 0.15) is 40.0 Å². The lowest BCUT2D eigenvalue weighted by molar-refractivity contribution is -0.140. The van der Waals surface area contributed by atoms with Gasteiger partial charge in [0.1, 0.15) is 0 Å². The van der Waals surface area contributed by atoms with Gasteiger partial charge in [-0.15, -0.1) is 0 Å². The second-order valence-corrected chi connectivity index (χ2v) is 3.82. The summed E-state index contributed by atoms with van der Waals surface area (Å²) in [5.41, 5.74) is 0. The summed E-state index contributed by atoms with van der Waals surface area (Å²) < 4.78 is 36.4. The molecule has 0 radical (unpaired) electrons. The minimum Gasteiger partial charge on any atom is -0.314 e. The Morgan fingerprint density at radius 1 is 1.21 bits per heavy atom. The van der Waals surface area contributed by atoms with E-state index >= 15 is 0 Å². The average Bonchev–Trinajstić information content (AvgIpc) is 2.01. The Kier molecular flexibility index (Phi) is 6.16. The highest BCUT2D eigenvalue weighted by Gasteiger charge is 2.31. The largest absolute Gasteiger partial charge is 0.390 e. The molecular weight excluding hydrogens is 191 g/mol. The fourth-order valence-corrected chi connectivity index (χ4v) is 1.46. The highest BCUT2D eigenvalue weighted by Crippen LogP contribution is 2.24. The monoisotopic (exact) mass is 211 g/mol. The summed E-state index contributed by atoms with van der Waals surface area (Å²) >= 11 is 0. The molecule has 2 unspecified atom stereocenters. The molecule has 0 heterocycles. The predicted octanol–water partition coefficient (Wildman–Crippen LogP) is 3.35. The van der Waals surface area contributed by atoms with Crippen LogP contribution in [0, 0.1) is 5.92 Å². The van der Waals surface area contributed by atoms with Crippen molar-refractivity contribution in [1.29, 1.82) is 0 Å². The fraction of sp³-hybridized carbons (Fsp3) is 1.00.